The average molecular weight is 420 g/mol. The maximum absolute atomic E-state index is 12.6. The van der Waals surface area contributed by atoms with E-state index in [9.17, 15) is 9.59 Å². The van der Waals surface area contributed by atoms with E-state index < -0.39 is 11.2 Å². The SMILES string of the molecule is CCCCn1c(N)c(N(CCOC)C(=S)Nc2ccc(CC)cc2)c(=O)[nH]c1=O. The van der Waals surface area contributed by atoms with Gasteiger partial charge in [0.1, 0.15) is 5.82 Å². The smallest absolute Gasteiger partial charge is 0.330 e. The van der Waals surface area contributed by atoms with E-state index in [0.717, 1.165) is 24.9 Å². The Labute approximate surface area is 175 Å². The van der Waals surface area contributed by atoms with Crippen molar-refractivity contribution in [3.63, 3.8) is 0 Å². The highest BCUT2D eigenvalue weighted by atomic mass is 32.1. The van der Waals surface area contributed by atoms with E-state index in [4.69, 9.17) is 22.7 Å². The molecule has 2 aromatic rings. The zero-order valence-electron chi connectivity index (χ0n) is 17.2. The fraction of sp³-hybridized carbons (Fsp3) is 0.450. The first-order valence-electron chi connectivity index (χ1n) is 9.71. The van der Waals surface area contributed by atoms with Crippen LogP contribution in [-0.2, 0) is 17.7 Å². The molecule has 1 heterocycles. The number of ether oxygens (including phenoxy) is 1. The summed E-state index contributed by atoms with van der Waals surface area (Å²) in [6, 6.07) is 7.87. The zero-order chi connectivity index (χ0) is 21.4. The second-order valence-electron chi connectivity index (χ2n) is 6.62. The second kappa shape index (κ2) is 10.8. The van der Waals surface area contributed by atoms with E-state index in [2.05, 4.69) is 17.2 Å². The van der Waals surface area contributed by atoms with Gasteiger partial charge in [-0.2, -0.15) is 0 Å². The van der Waals surface area contributed by atoms with Gasteiger partial charge in [0.25, 0.3) is 5.56 Å². The molecule has 8 nitrogen and oxygen atoms in total. The third-order valence-electron chi connectivity index (χ3n) is 4.60. The number of anilines is 3. The maximum Gasteiger partial charge on any atom is 0.330 e. The van der Waals surface area contributed by atoms with Gasteiger partial charge in [-0.1, -0.05) is 32.4 Å². The first-order valence-corrected chi connectivity index (χ1v) is 10.1. The molecule has 1 aromatic heterocycles. The fourth-order valence-corrected chi connectivity index (χ4v) is 3.19. The molecule has 1 aromatic carbocycles. The molecular formula is C20H29N5O3S. The third kappa shape index (κ3) is 5.68. The number of aryl methyl sites for hydroxylation is 1. The van der Waals surface area contributed by atoms with Crippen molar-refractivity contribution in [2.24, 2.45) is 0 Å². The van der Waals surface area contributed by atoms with Crippen LogP contribution in [0.25, 0.3) is 0 Å². The number of aromatic nitrogens is 2. The molecule has 4 N–H and O–H groups in total. The van der Waals surface area contributed by atoms with Crippen LogP contribution < -0.4 is 27.2 Å². The fourth-order valence-electron chi connectivity index (χ4n) is 2.89. The standard InChI is InChI=1S/C20H29N5O3S/c1-4-6-11-25-17(21)16(18(26)23-19(25)27)24(12-13-28-3)20(29)22-15-9-7-14(5-2)8-10-15/h7-10H,4-6,11-13,21H2,1-3H3,(H,22,29)(H,23,26,27). The van der Waals surface area contributed by atoms with E-state index in [0.29, 0.717) is 24.8 Å². The topological polar surface area (TPSA) is 105 Å². The van der Waals surface area contributed by atoms with Crippen molar-refractivity contribution >= 4 is 34.5 Å². The van der Waals surface area contributed by atoms with E-state index in [1.807, 2.05) is 31.2 Å². The van der Waals surface area contributed by atoms with Gasteiger partial charge in [0.15, 0.2) is 10.8 Å². The largest absolute Gasteiger partial charge is 0.383 e. The molecule has 0 unspecified atom stereocenters. The Hall–Kier alpha value is -2.65. The second-order valence-corrected chi connectivity index (χ2v) is 7.01. The maximum atomic E-state index is 12.6. The van der Waals surface area contributed by atoms with Crippen molar-refractivity contribution in [1.29, 1.82) is 0 Å². The summed E-state index contributed by atoms with van der Waals surface area (Å²) >= 11 is 5.56. The van der Waals surface area contributed by atoms with E-state index in [1.54, 1.807) is 12.0 Å². The van der Waals surface area contributed by atoms with Gasteiger partial charge in [0.05, 0.1) is 6.61 Å². The van der Waals surface area contributed by atoms with Crippen molar-refractivity contribution in [1.82, 2.24) is 9.55 Å². The van der Waals surface area contributed by atoms with Crippen LogP contribution in [0.5, 0.6) is 0 Å². The summed E-state index contributed by atoms with van der Waals surface area (Å²) in [5.74, 6) is 0.0915. The number of hydrogen-bond donors (Lipinski definition) is 3. The molecule has 0 spiro atoms. The number of rotatable bonds is 9. The molecule has 0 bridgehead atoms. The first kappa shape index (κ1) is 22.6. The molecule has 0 saturated carbocycles. The zero-order valence-corrected chi connectivity index (χ0v) is 18.0. The number of nitrogens with zero attached hydrogens (tertiary/aromatic N) is 2. The summed E-state index contributed by atoms with van der Waals surface area (Å²) in [5, 5.41) is 3.43. The summed E-state index contributed by atoms with van der Waals surface area (Å²) in [6.45, 7) is 5.14. The lowest BCUT2D eigenvalue weighted by Crippen LogP contribution is -2.44. The molecule has 0 atom stereocenters. The summed E-state index contributed by atoms with van der Waals surface area (Å²) in [7, 11) is 1.56. The Morgan fingerprint density at radius 1 is 1.28 bits per heavy atom. The molecule has 0 saturated heterocycles. The summed E-state index contributed by atoms with van der Waals surface area (Å²) in [4.78, 5) is 28.7. The third-order valence-corrected chi connectivity index (χ3v) is 4.92. The van der Waals surface area contributed by atoms with E-state index in [1.165, 1.54) is 10.1 Å². The molecule has 0 aliphatic heterocycles. The van der Waals surface area contributed by atoms with Crippen LogP contribution in [0.1, 0.15) is 32.3 Å². The van der Waals surface area contributed by atoms with Gasteiger partial charge < -0.3 is 20.7 Å². The Morgan fingerprint density at radius 2 is 1.97 bits per heavy atom. The molecule has 29 heavy (non-hydrogen) atoms. The number of hydrogen-bond acceptors (Lipinski definition) is 5. The summed E-state index contributed by atoms with van der Waals surface area (Å²) < 4.78 is 6.55. The minimum atomic E-state index is -0.582. The minimum absolute atomic E-state index is 0.0915. The van der Waals surface area contributed by atoms with Gasteiger partial charge in [-0.3, -0.25) is 14.3 Å². The lowest BCUT2D eigenvalue weighted by Gasteiger charge is -2.27. The highest BCUT2D eigenvalue weighted by Gasteiger charge is 2.22. The van der Waals surface area contributed by atoms with Crippen LogP contribution >= 0.6 is 12.2 Å². The lowest BCUT2D eigenvalue weighted by atomic mass is 10.1. The first-order chi connectivity index (χ1) is 13.9. The Morgan fingerprint density at radius 3 is 2.55 bits per heavy atom. The number of aromatic amines is 1. The summed E-state index contributed by atoms with van der Waals surface area (Å²) in [6.07, 6.45) is 2.59. The number of thiocarbonyl (C=S) groups is 1. The molecule has 0 fully saturated rings. The lowest BCUT2D eigenvalue weighted by molar-refractivity contribution is 0.208. The van der Waals surface area contributed by atoms with E-state index in [-0.39, 0.29) is 11.5 Å². The predicted octanol–water partition coefficient (Wildman–Crippen LogP) is 2.33. The number of benzene rings is 1. The Balaban J connectivity index is 2.41. The molecule has 0 aliphatic carbocycles. The molecule has 0 radical (unpaired) electrons. The van der Waals surface area contributed by atoms with Crippen molar-refractivity contribution in [2.75, 3.05) is 36.2 Å². The van der Waals surface area contributed by atoms with Crippen molar-refractivity contribution in [2.45, 2.75) is 39.7 Å². The number of H-pyrrole nitrogens is 1. The van der Waals surface area contributed by atoms with Gasteiger partial charge in [-0.25, -0.2) is 4.79 Å². The van der Waals surface area contributed by atoms with Gasteiger partial charge in [0, 0.05) is 25.9 Å². The van der Waals surface area contributed by atoms with Gasteiger partial charge in [0.2, 0.25) is 0 Å². The number of methoxy groups -OCH3 is 1. The van der Waals surface area contributed by atoms with Crippen LogP contribution in [0.15, 0.2) is 33.9 Å². The van der Waals surface area contributed by atoms with Crippen molar-refractivity contribution in [3.8, 4) is 0 Å². The van der Waals surface area contributed by atoms with Gasteiger partial charge >= 0.3 is 5.69 Å². The Kier molecular flexibility index (Phi) is 8.41. The van der Waals surface area contributed by atoms with Crippen molar-refractivity contribution in [3.05, 3.63) is 50.7 Å². The van der Waals surface area contributed by atoms with Crippen molar-refractivity contribution < 1.29 is 4.74 Å². The molecular weight excluding hydrogens is 390 g/mol. The molecule has 0 amide bonds. The van der Waals surface area contributed by atoms with Crippen LogP contribution in [-0.4, -0.2) is 34.9 Å². The van der Waals surface area contributed by atoms with Gasteiger partial charge in [-0.05, 0) is 42.8 Å². The number of nitrogens with two attached hydrogens (primary N) is 1. The van der Waals surface area contributed by atoms with Crippen LogP contribution in [0, 0.1) is 0 Å². The molecule has 0 aliphatic rings. The van der Waals surface area contributed by atoms with Gasteiger partial charge in [-0.15, -0.1) is 0 Å². The van der Waals surface area contributed by atoms with Crippen LogP contribution in [0.2, 0.25) is 0 Å². The van der Waals surface area contributed by atoms with Crippen LogP contribution in [0.3, 0.4) is 0 Å². The van der Waals surface area contributed by atoms with Crippen LogP contribution in [0.4, 0.5) is 17.2 Å². The van der Waals surface area contributed by atoms with E-state index >= 15 is 0 Å². The predicted molar refractivity (Wildman–Crippen MR) is 122 cm³/mol. The summed E-state index contributed by atoms with van der Waals surface area (Å²) in [5.41, 5.74) is 7.28. The highest BCUT2D eigenvalue weighted by molar-refractivity contribution is 7.80. The highest BCUT2D eigenvalue weighted by Crippen LogP contribution is 2.19. The number of nitrogen functional groups attached to an aromatic ring is 1. The monoisotopic (exact) mass is 419 g/mol. The normalized spacial score (nSPS) is 10.7. The number of unbranched alkanes of at least 4 members (excludes halogenated alkanes) is 1. The Bertz CT molecular complexity index is 937. The average Bonchev–Trinajstić information content (AvgIpc) is 2.70. The molecule has 2 rings (SSSR count). The molecule has 9 heteroatoms. The quantitative estimate of drug-likeness (QED) is 0.536. The number of nitrogens with one attached hydrogen (secondary N) is 2. The minimum Gasteiger partial charge on any atom is -0.383 e. The molecule has 158 valence electrons.